The number of anilines is 2. The van der Waals surface area contributed by atoms with Crippen molar-refractivity contribution in [1.82, 2.24) is 4.31 Å². The average molecular weight is 512 g/mol. The zero-order valence-corrected chi connectivity index (χ0v) is 21.0. The Labute approximate surface area is 200 Å². The van der Waals surface area contributed by atoms with Crippen molar-refractivity contribution in [2.45, 2.75) is 25.7 Å². The molecule has 2 aromatic carbocycles. The van der Waals surface area contributed by atoms with Crippen LogP contribution in [-0.4, -0.2) is 65.6 Å². The van der Waals surface area contributed by atoms with Crippen molar-refractivity contribution < 1.29 is 31.1 Å². The molecule has 12 heteroatoms. The van der Waals surface area contributed by atoms with E-state index in [9.17, 15) is 21.6 Å². The lowest BCUT2D eigenvalue weighted by Crippen LogP contribution is -2.39. The normalized spacial score (nSPS) is 13.5. The number of amides is 1. The Morgan fingerprint density at radius 2 is 1.53 bits per heavy atom. The molecular weight excluding hydrogens is 482 g/mol. The maximum atomic E-state index is 12.7. The molecule has 1 heterocycles. The highest BCUT2D eigenvalue weighted by Gasteiger charge is 2.26. The Morgan fingerprint density at radius 3 is 2.12 bits per heavy atom. The van der Waals surface area contributed by atoms with Gasteiger partial charge < -0.3 is 14.8 Å². The van der Waals surface area contributed by atoms with Crippen LogP contribution in [0, 0.1) is 0 Å². The minimum atomic E-state index is -3.78. The SMILES string of the molecule is CCN(CC)S(=O)(=O)c1ccc(NC(=O)CN(c2ccc3c(c2)OCCO3)S(=O)(=O)CC)cc1. The number of nitrogens with one attached hydrogen (secondary N) is 1. The van der Waals surface area contributed by atoms with Crippen LogP contribution < -0.4 is 19.1 Å². The third-order valence-corrected chi connectivity index (χ3v) is 9.09. The molecule has 186 valence electrons. The average Bonchev–Trinajstić information content (AvgIpc) is 2.83. The lowest BCUT2D eigenvalue weighted by molar-refractivity contribution is -0.114. The number of carbonyl (C=O) groups excluding carboxylic acids is 1. The van der Waals surface area contributed by atoms with Crippen LogP contribution in [0.4, 0.5) is 11.4 Å². The number of hydrogen-bond donors (Lipinski definition) is 1. The number of ether oxygens (including phenoxy) is 2. The maximum Gasteiger partial charge on any atom is 0.245 e. The number of benzene rings is 2. The summed E-state index contributed by atoms with van der Waals surface area (Å²) in [6, 6.07) is 10.4. The zero-order valence-electron chi connectivity index (χ0n) is 19.4. The Hall–Kier alpha value is -2.83. The molecule has 1 aliphatic heterocycles. The van der Waals surface area contributed by atoms with Gasteiger partial charge in [-0.25, -0.2) is 16.8 Å². The maximum absolute atomic E-state index is 12.7. The second kappa shape index (κ2) is 10.6. The van der Waals surface area contributed by atoms with E-state index < -0.39 is 32.5 Å². The Bertz CT molecular complexity index is 1230. The van der Waals surface area contributed by atoms with E-state index in [0.29, 0.717) is 43.5 Å². The van der Waals surface area contributed by atoms with Crippen LogP contribution in [0.3, 0.4) is 0 Å². The third kappa shape index (κ3) is 5.62. The van der Waals surface area contributed by atoms with Crippen LogP contribution in [0.25, 0.3) is 0 Å². The van der Waals surface area contributed by atoms with Gasteiger partial charge in [-0.2, -0.15) is 4.31 Å². The van der Waals surface area contributed by atoms with E-state index >= 15 is 0 Å². The minimum absolute atomic E-state index is 0.112. The van der Waals surface area contributed by atoms with E-state index in [1.54, 1.807) is 26.0 Å². The van der Waals surface area contributed by atoms with Crippen LogP contribution in [-0.2, 0) is 24.8 Å². The van der Waals surface area contributed by atoms with Crippen molar-refractivity contribution in [1.29, 1.82) is 0 Å². The van der Waals surface area contributed by atoms with E-state index in [-0.39, 0.29) is 16.3 Å². The van der Waals surface area contributed by atoms with Crippen molar-refractivity contribution >= 4 is 37.3 Å². The topological polar surface area (TPSA) is 122 Å². The molecule has 0 fully saturated rings. The van der Waals surface area contributed by atoms with E-state index in [1.165, 1.54) is 41.6 Å². The predicted octanol–water partition coefficient (Wildman–Crippen LogP) is 2.28. The second-order valence-corrected chi connectivity index (χ2v) is 11.5. The molecule has 0 saturated heterocycles. The molecule has 0 saturated carbocycles. The summed E-state index contributed by atoms with van der Waals surface area (Å²) in [5.74, 6) is 0.136. The first-order chi connectivity index (χ1) is 16.1. The van der Waals surface area contributed by atoms with Gasteiger partial charge in [-0.15, -0.1) is 0 Å². The molecule has 0 spiro atoms. The van der Waals surface area contributed by atoms with Crippen LogP contribution in [0.2, 0.25) is 0 Å². The van der Waals surface area contributed by atoms with Crippen molar-refractivity contribution in [2.75, 3.05) is 48.2 Å². The summed E-state index contributed by atoms with van der Waals surface area (Å²) in [5, 5.41) is 2.63. The highest BCUT2D eigenvalue weighted by molar-refractivity contribution is 7.92. The van der Waals surface area contributed by atoms with Gasteiger partial charge in [0.15, 0.2) is 11.5 Å². The van der Waals surface area contributed by atoms with Crippen molar-refractivity contribution in [3.8, 4) is 11.5 Å². The van der Waals surface area contributed by atoms with Gasteiger partial charge in [0.1, 0.15) is 19.8 Å². The van der Waals surface area contributed by atoms with Crippen molar-refractivity contribution in [2.24, 2.45) is 0 Å². The van der Waals surface area contributed by atoms with Crippen molar-refractivity contribution in [3.05, 3.63) is 42.5 Å². The molecule has 34 heavy (non-hydrogen) atoms. The molecule has 0 radical (unpaired) electrons. The Kier molecular flexibility index (Phi) is 8.05. The number of rotatable bonds is 10. The summed E-state index contributed by atoms with van der Waals surface area (Å²) < 4.78 is 64.1. The smallest absolute Gasteiger partial charge is 0.245 e. The summed E-state index contributed by atoms with van der Waals surface area (Å²) in [7, 11) is -7.40. The van der Waals surface area contributed by atoms with Gasteiger partial charge >= 0.3 is 0 Å². The standard InChI is InChI=1S/C22H29N3O7S2/c1-4-24(5-2)34(29,30)19-10-7-17(8-11-19)23-22(26)16-25(33(27,28)6-3)18-9-12-20-21(15-18)32-14-13-31-20/h7-12,15H,4-6,13-14,16H2,1-3H3,(H,23,26). The molecule has 2 aromatic rings. The highest BCUT2D eigenvalue weighted by atomic mass is 32.2. The van der Waals surface area contributed by atoms with E-state index in [0.717, 1.165) is 4.31 Å². The molecule has 3 rings (SSSR count). The van der Waals surface area contributed by atoms with Gasteiger partial charge in [0.25, 0.3) is 0 Å². The Morgan fingerprint density at radius 1 is 0.912 bits per heavy atom. The fourth-order valence-electron chi connectivity index (χ4n) is 3.45. The molecule has 0 bridgehead atoms. The van der Waals surface area contributed by atoms with Crippen LogP contribution in [0.5, 0.6) is 11.5 Å². The third-order valence-electron chi connectivity index (χ3n) is 5.28. The molecular formula is C22H29N3O7S2. The largest absolute Gasteiger partial charge is 0.486 e. The molecule has 1 N–H and O–H groups in total. The molecule has 0 aliphatic carbocycles. The molecule has 0 atom stereocenters. The van der Waals surface area contributed by atoms with Crippen molar-refractivity contribution in [3.63, 3.8) is 0 Å². The molecule has 1 aliphatic rings. The van der Waals surface area contributed by atoms with E-state index in [2.05, 4.69) is 5.32 Å². The molecule has 1 amide bonds. The number of sulfonamides is 2. The monoisotopic (exact) mass is 511 g/mol. The molecule has 0 unspecified atom stereocenters. The number of fused-ring (bicyclic) bond motifs is 1. The van der Waals surface area contributed by atoms with Gasteiger partial charge in [0.2, 0.25) is 26.0 Å². The lowest BCUT2D eigenvalue weighted by Gasteiger charge is -2.25. The van der Waals surface area contributed by atoms with Gasteiger partial charge in [-0.3, -0.25) is 9.10 Å². The van der Waals surface area contributed by atoms with Crippen LogP contribution in [0.1, 0.15) is 20.8 Å². The fraction of sp³-hybridized carbons (Fsp3) is 0.409. The van der Waals surface area contributed by atoms with Gasteiger partial charge in [0, 0.05) is 24.8 Å². The number of nitrogens with zero attached hydrogens (tertiary/aromatic N) is 2. The summed E-state index contributed by atoms with van der Waals surface area (Å²) in [5.41, 5.74) is 0.626. The van der Waals surface area contributed by atoms with Gasteiger partial charge in [-0.1, -0.05) is 13.8 Å². The minimum Gasteiger partial charge on any atom is -0.486 e. The quantitative estimate of drug-likeness (QED) is 0.519. The summed E-state index contributed by atoms with van der Waals surface area (Å²) >= 11 is 0. The summed E-state index contributed by atoms with van der Waals surface area (Å²) in [6.45, 7) is 5.99. The zero-order chi connectivity index (χ0) is 24.9. The first-order valence-corrected chi connectivity index (χ1v) is 14.0. The van der Waals surface area contributed by atoms with E-state index in [1.807, 2.05) is 0 Å². The summed E-state index contributed by atoms with van der Waals surface area (Å²) in [6.07, 6.45) is 0. The highest BCUT2D eigenvalue weighted by Crippen LogP contribution is 2.34. The fourth-order valence-corrected chi connectivity index (χ4v) is 5.97. The van der Waals surface area contributed by atoms with Crippen LogP contribution >= 0.6 is 0 Å². The predicted molar refractivity (Wildman–Crippen MR) is 129 cm³/mol. The summed E-state index contributed by atoms with van der Waals surface area (Å²) in [4.78, 5) is 12.8. The first-order valence-electron chi connectivity index (χ1n) is 10.9. The van der Waals surface area contributed by atoms with Gasteiger partial charge in [0.05, 0.1) is 16.3 Å². The number of hydrogen-bond acceptors (Lipinski definition) is 7. The molecule has 0 aromatic heterocycles. The lowest BCUT2D eigenvalue weighted by atomic mass is 10.2. The Balaban J connectivity index is 1.78. The van der Waals surface area contributed by atoms with E-state index in [4.69, 9.17) is 9.47 Å². The first kappa shape index (κ1) is 25.8. The number of carbonyl (C=O) groups is 1. The second-order valence-electron chi connectivity index (χ2n) is 7.40. The van der Waals surface area contributed by atoms with Crippen LogP contribution in [0.15, 0.2) is 47.4 Å². The van der Waals surface area contributed by atoms with Gasteiger partial charge in [-0.05, 0) is 43.3 Å². The molecule has 10 nitrogen and oxygen atoms in total.